The molecule has 2 aromatic rings. The molecular weight excluding hydrogens is 404 g/mol. The Bertz CT molecular complexity index is 954. The molecule has 1 heterocycles. The van der Waals surface area contributed by atoms with E-state index in [9.17, 15) is 9.59 Å². The summed E-state index contributed by atoms with van der Waals surface area (Å²) in [4.78, 5) is 27.7. The Morgan fingerprint density at radius 2 is 1.62 bits per heavy atom. The van der Waals surface area contributed by atoms with Crippen LogP contribution in [0.25, 0.3) is 4.91 Å². The minimum atomic E-state index is -0.640. The predicted molar refractivity (Wildman–Crippen MR) is 117 cm³/mol. The van der Waals surface area contributed by atoms with E-state index in [1.165, 1.54) is 37.1 Å². The van der Waals surface area contributed by atoms with E-state index < -0.39 is 17.1 Å². The first kappa shape index (κ1) is 20.1. The average molecular weight is 427 g/mol. The first-order chi connectivity index (χ1) is 14.1. The van der Waals surface area contributed by atoms with Crippen LogP contribution < -0.4 is 0 Å². The number of esters is 2. The number of aryl methyl sites for hydroxylation is 1. The molecule has 6 heteroatoms. The van der Waals surface area contributed by atoms with Crippen LogP contribution in [-0.4, -0.2) is 36.7 Å². The zero-order valence-electron chi connectivity index (χ0n) is 16.3. The highest BCUT2D eigenvalue weighted by Crippen LogP contribution is 2.53. The van der Waals surface area contributed by atoms with Crippen molar-refractivity contribution in [3.63, 3.8) is 0 Å². The van der Waals surface area contributed by atoms with Crippen molar-refractivity contribution < 1.29 is 19.1 Å². The molecule has 0 amide bonds. The Labute approximate surface area is 179 Å². The molecule has 4 rings (SSSR count). The van der Waals surface area contributed by atoms with Gasteiger partial charge in [-0.2, -0.15) is 0 Å². The minimum Gasteiger partial charge on any atom is -0.469 e. The van der Waals surface area contributed by atoms with Gasteiger partial charge in [-0.05, 0) is 41.7 Å². The molecule has 3 unspecified atom stereocenters. The second kappa shape index (κ2) is 8.67. The second-order valence-electron chi connectivity index (χ2n) is 6.97. The third kappa shape index (κ3) is 3.83. The quantitative estimate of drug-likeness (QED) is 0.667. The molecule has 2 aromatic carbocycles. The average Bonchev–Trinajstić information content (AvgIpc) is 2.78. The molecule has 4 nitrogen and oxygen atoms in total. The summed E-state index contributed by atoms with van der Waals surface area (Å²) in [7, 11) is 2.75. The maximum atomic E-state index is 12.8. The Morgan fingerprint density at radius 1 is 0.931 bits per heavy atom. The number of carbonyl (C=O) groups is 2. The van der Waals surface area contributed by atoms with E-state index in [1.54, 1.807) is 11.8 Å². The van der Waals surface area contributed by atoms with Gasteiger partial charge < -0.3 is 9.47 Å². The van der Waals surface area contributed by atoms with E-state index in [-0.39, 0.29) is 11.2 Å². The Hall–Kier alpha value is -2.18. The molecule has 0 saturated heterocycles. The van der Waals surface area contributed by atoms with Gasteiger partial charge in [-0.25, -0.2) is 0 Å². The Kier molecular flexibility index (Phi) is 6.01. The van der Waals surface area contributed by atoms with Gasteiger partial charge in [0.05, 0.1) is 20.1 Å². The summed E-state index contributed by atoms with van der Waals surface area (Å²) in [6.07, 6.45) is 1.80. The SMILES string of the molecule is COC(=O)C1SC2=C(CCc3ccccc32)C(Sc2ccccc2)C1C(=O)OC. The topological polar surface area (TPSA) is 52.6 Å². The van der Waals surface area contributed by atoms with E-state index in [1.807, 2.05) is 42.5 Å². The van der Waals surface area contributed by atoms with Gasteiger partial charge in [-0.3, -0.25) is 9.59 Å². The van der Waals surface area contributed by atoms with Crippen LogP contribution in [0.2, 0.25) is 0 Å². The maximum absolute atomic E-state index is 12.8. The summed E-state index contributed by atoms with van der Waals surface area (Å²) >= 11 is 3.08. The van der Waals surface area contributed by atoms with Gasteiger partial charge in [0.2, 0.25) is 0 Å². The first-order valence-electron chi connectivity index (χ1n) is 9.49. The zero-order valence-corrected chi connectivity index (χ0v) is 17.9. The first-order valence-corrected chi connectivity index (χ1v) is 11.2. The summed E-state index contributed by atoms with van der Waals surface area (Å²) in [5.41, 5.74) is 3.66. The lowest BCUT2D eigenvalue weighted by Gasteiger charge is -2.39. The van der Waals surface area contributed by atoms with Crippen LogP contribution in [0.3, 0.4) is 0 Å². The van der Waals surface area contributed by atoms with Gasteiger partial charge in [0.1, 0.15) is 5.25 Å². The van der Waals surface area contributed by atoms with Crippen LogP contribution in [0, 0.1) is 5.92 Å². The third-order valence-corrected chi connectivity index (χ3v) is 8.20. The molecule has 0 bridgehead atoms. The highest BCUT2D eigenvalue weighted by atomic mass is 32.2. The molecule has 0 radical (unpaired) electrons. The van der Waals surface area contributed by atoms with E-state index in [0.29, 0.717) is 0 Å². The lowest BCUT2D eigenvalue weighted by atomic mass is 9.85. The number of fused-ring (bicyclic) bond motifs is 2. The fourth-order valence-electron chi connectivity index (χ4n) is 3.99. The summed E-state index contributed by atoms with van der Waals surface area (Å²) in [5, 5.41) is -0.822. The number of hydrogen-bond donors (Lipinski definition) is 0. The summed E-state index contributed by atoms with van der Waals surface area (Å²) in [6.45, 7) is 0. The van der Waals surface area contributed by atoms with Crippen molar-refractivity contribution in [3.8, 4) is 0 Å². The molecule has 2 aliphatic rings. The van der Waals surface area contributed by atoms with Crippen LogP contribution in [0.15, 0.2) is 65.1 Å². The van der Waals surface area contributed by atoms with E-state index in [0.717, 1.165) is 28.2 Å². The molecule has 0 saturated carbocycles. The Balaban J connectivity index is 1.85. The standard InChI is InChI=1S/C23H22O4S2/c1-26-22(24)18-20(28-15-9-4-3-5-10-15)17-13-12-14-8-6-7-11-16(14)19(17)29-21(18)23(25)27-2/h3-11,18,20-21H,12-13H2,1-2H3. The number of methoxy groups -OCH3 is 2. The highest BCUT2D eigenvalue weighted by molar-refractivity contribution is 8.10. The van der Waals surface area contributed by atoms with E-state index in [2.05, 4.69) is 12.1 Å². The Morgan fingerprint density at radius 3 is 2.34 bits per heavy atom. The molecule has 29 heavy (non-hydrogen) atoms. The second-order valence-corrected chi connectivity index (χ2v) is 9.34. The molecule has 0 N–H and O–H groups in total. The summed E-state index contributed by atoms with van der Waals surface area (Å²) in [5.74, 6) is -1.36. The monoisotopic (exact) mass is 426 g/mol. The van der Waals surface area contributed by atoms with E-state index >= 15 is 0 Å². The summed E-state index contributed by atoms with van der Waals surface area (Å²) < 4.78 is 10.2. The number of thioether (sulfide) groups is 2. The smallest absolute Gasteiger partial charge is 0.320 e. The largest absolute Gasteiger partial charge is 0.469 e. The van der Waals surface area contributed by atoms with Gasteiger partial charge in [0.15, 0.2) is 0 Å². The normalized spacial score (nSPS) is 23.0. The predicted octanol–water partition coefficient (Wildman–Crippen LogP) is 4.58. The maximum Gasteiger partial charge on any atom is 0.320 e. The van der Waals surface area contributed by atoms with Gasteiger partial charge in [-0.1, -0.05) is 42.5 Å². The van der Waals surface area contributed by atoms with Crippen molar-refractivity contribution in [2.75, 3.05) is 14.2 Å². The fourth-order valence-corrected chi connectivity index (χ4v) is 7.13. The van der Waals surface area contributed by atoms with Crippen molar-refractivity contribution in [3.05, 3.63) is 71.3 Å². The molecule has 1 aliphatic carbocycles. The van der Waals surface area contributed by atoms with Crippen molar-refractivity contribution in [2.24, 2.45) is 5.92 Å². The van der Waals surface area contributed by atoms with Crippen molar-refractivity contribution in [1.82, 2.24) is 0 Å². The molecule has 0 aromatic heterocycles. The van der Waals surface area contributed by atoms with Crippen molar-refractivity contribution in [2.45, 2.75) is 28.2 Å². The van der Waals surface area contributed by atoms with Gasteiger partial charge in [-0.15, -0.1) is 23.5 Å². The number of carbonyl (C=O) groups excluding carboxylic acids is 2. The minimum absolute atomic E-state index is 0.182. The molecule has 3 atom stereocenters. The number of ether oxygens (including phenoxy) is 2. The lowest BCUT2D eigenvalue weighted by Crippen LogP contribution is -2.44. The van der Waals surface area contributed by atoms with Crippen LogP contribution in [-0.2, 0) is 25.5 Å². The van der Waals surface area contributed by atoms with Crippen molar-refractivity contribution >= 4 is 40.4 Å². The van der Waals surface area contributed by atoms with Gasteiger partial charge >= 0.3 is 11.9 Å². The lowest BCUT2D eigenvalue weighted by molar-refractivity contribution is -0.151. The zero-order chi connectivity index (χ0) is 20.4. The number of benzene rings is 2. The van der Waals surface area contributed by atoms with E-state index in [4.69, 9.17) is 9.47 Å². The molecule has 150 valence electrons. The molecular formula is C23H22O4S2. The third-order valence-electron chi connectivity index (χ3n) is 5.37. The number of hydrogen-bond acceptors (Lipinski definition) is 6. The van der Waals surface area contributed by atoms with Crippen LogP contribution in [0.5, 0.6) is 0 Å². The van der Waals surface area contributed by atoms with Gasteiger partial charge in [0.25, 0.3) is 0 Å². The fraction of sp³-hybridized carbons (Fsp3) is 0.304. The van der Waals surface area contributed by atoms with Crippen LogP contribution >= 0.6 is 23.5 Å². The molecule has 0 spiro atoms. The van der Waals surface area contributed by atoms with Crippen LogP contribution in [0.4, 0.5) is 0 Å². The van der Waals surface area contributed by atoms with Crippen molar-refractivity contribution in [1.29, 1.82) is 0 Å². The molecule has 0 fully saturated rings. The van der Waals surface area contributed by atoms with Gasteiger partial charge in [0, 0.05) is 15.1 Å². The number of rotatable bonds is 4. The highest BCUT2D eigenvalue weighted by Gasteiger charge is 2.49. The molecule has 1 aliphatic heterocycles. The van der Waals surface area contributed by atoms with Crippen LogP contribution in [0.1, 0.15) is 17.5 Å². The summed E-state index contributed by atoms with van der Waals surface area (Å²) in [6, 6.07) is 18.3.